The van der Waals surface area contributed by atoms with Crippen LogP contribution in [0.5, 0.6) is 0 Å². The molecule has 0 saturated carbocycles. The highest BCUT2D eigenvalue weighted by Crippen LogP contribution is 2.26. The predicted octanol–water partition coefficient (Wildman–Crippen LogP) is 5.94. The molecule has 0 saturated heterocycles. The summed E-state index contributed by atoms with van der Waals surface area (Å²) < 4.78 is 6.74. The van der Waals surface area contributed by atoms with Crippen molar-refractivity contribution in [2.45, 2.75) is 12.5 Å². The van der Waals surface area contributed by atoms with Gasteiger partial charge in [-0.15, -0.1) is 5.10 Å². The molecule has 31 heavy (non-hydrogen) atoms. The summed E-state index contributed by atoms with van der Waals surface area (Å²) in [4.78, 5) is 13.1. The van der Waals surface area contributed by atoms with Crippen molar-refractivity contribution in [2.24, 2.45) is 5.10 Å². The second-order valence-corrected chi connectivity index (χ2v) is 8.33. The van der Waals surface area contributed by atoms with E-state index < -0.39 is 6.04 Å². The van der Waals surface area contributed by atoms with E-state index in [1.165, 1.54) is 0 Å². The Hall–Kier alpha value is -3.44. The van der Waals surface area contributed by atoms with Gasteiger partial charge in [0.25, 0.3) is 0 Å². The van der Waals surface area contributed by atoms with Gasteiger partial charge in [-0.25, -0.2) is 9.80 Å². The molecule has 1 atom stereocenters. The molecule has 0 fully saturated rings. The average Bonchev–Trinajstić information content (AvgIpc) is 2.82. The Morgan fingerprint density at radius 2 is 1.55 bits per heavy atom. The van der Waals surface area contributed by atoms with E-state index in [1.807, 2.05) is 91.0 Å². The zero-order valence-electron chi connectivity index (χ0n) is 16.6. The fraction of sp³-hybridized carbons (Fsp3) is 0.0769. The molecule has 0 unspecified atom stereocenters. The van der Waals surface area contributed by atoms with Gasteiger partial charge in [-0.3, -0.25) is 0 Å². The molecule has 4 nitrogen and oxygen atoms in total. The fourth-order valence-corrected chi connectivity index (χ4v) is 3.99. The number of hydrazone groups is 1. The molecule has 0 spiro atoms. The molecule has 1 aliphatic rings. The number of cyclic esters (lactones) is 1. The first-order chi connectivity index (χ1) is 15.2. The van der Waals surface area contributed by atoms with Crippen molar-refractivity contribution in [1.82, 2.24) is 0 Å². The number of ether oxygens (including phenoxy) is 1. The molecule has 152 valence electrons. The SMILES string of the molecule is O=C1OC(c2ccc3ccccc3c2)=NN(c2ccccc2)[C@H]1Cc1ccc(Br)cc1. The number of fused-ring (bicyclic) bond motifs is 1. The third-order valence-corrected chi connectivity index (χ3v) is 5.85. The van der Waals surface area contributed by atoms with E-state index in [4.69, 9.17) is 9.84 Å². The Kier molecular flexibility index (Phi) is 5.26. The number of hydrogen-bond acceptors (Lipinski definition) is 4. The number of rotatable bonds is 4. The van der Waals surface area contributed by atoms with Crippen molar-refractivity contribution in [1.29, 1.82) is 0 Å². The van der Waals surface area contributed by atoms with Crippen LogP contribution in [0.3, 0.4) is 0 Å². The Labute approximate surface area is 188 Å². The van der Waals surface area contributed by atoms with Crippen molar-refractivity contribution in [2.75, 3.05) is 5.01 Å². The van der Waals surface area contributed by atoms with E-state index in [1.54, 1.807) is 5.01 Å². The number of anilines is 1. The first kappa shape index (κ1) is 19.5. The summed E-state index contributed by atoms with van der Waals surface area (Å²) in [5.41, 5.74) is 2.66. The lowest BCUT2D eigenvalue weighted by Crippen LogP contribution is -2.46. The number of para-hydroxylation sites is 1. The number of hydrogen-bond donors (Lipinski definition) is 0. The normalized spacial score (nSPS) is 16.2. The summed E-state index contributed by atoms with van der Waals surface area (Å²) in [5, 5.41) is 8.75. The highest BCUT2D eigenvalue weighted by molar-refractivity contribution is 9.10. The summed E-state index contributed by atoms with van der Waals surface area (Å²) in [5.74, 6) is -0.00315. The Morgan fingerprint density at radius 1 is 0.839 bits per heavy atom. The van der Waals surface area contributed by atoms with Gasteiger partial charge in [0.2, 0.25) is 5.90 Å². The number of carbonyl (C=O) groups excluding carboxylic acids is 1. The van der Waals surface area contributed by atoms with Gasteiger partial charge in [-0.1, -0.05) is 76.6 Å². The monoisotopic (exact) mass is 470 g/mol. The van der Waals surface area contributed by atoms with Crippen LogP contribution in [0.15, 0.2) is 107 Å². The summed E-state index contributed by atoms with van der Waals surface area (Å²) in [7, 11) is 0. The van der Waals surface area contributed by atoms with Crippen LogP contribution in [0, 0.1) is 0 Å². The molecule has 0 radical (unpaired) electrons. The van der Waals surface area contributed by atoms with E-state index >= 15 is 0 Å². The number of benzene rings is 4. The molecular formula is C26H19BrN2O2. The molecule has 1 heterocycles. The maximum atomic E-state index is 13.1. The molecule has 5 heteroatoms. The van der Waals surface area contributed by atoms with Crippen LogP contribution in [-0.2, 0) is 16.0 Å². The summed E-state index contributed by atoms with van der Waals surface area (Å²) in [6.07, 6.45) is 0.496. The van der Waals surface area contributed by atoms with Gasteiger partial charge in [0.05, 0.1) is 5.69 Å². The van der Waals surface area contributed by atoms with Gasteiger partial charge in [0.1, 0.15) is 0 Å². The van der Waals surface area contributed by atoms with Crippen LogP contribution in [0.2, 0.25) is 0 Å². The van der Waals surface area contributed by atoms with Crippen molar-refractivity contribution in [3.8, 4) is 0 Å². The quantitative estimate of drug-likeness (QED) is 0.346. The minimum absolute atomic E-state index is 0.312. The maximum Gasteiger partial charge on any atom is 0.338 e. The Balaban J connectivity index is 1.55. The third kappa shape index (κ3) is 4.09. The predicted molar refractivity (Wildman–Crippen MR) is 127 cm³/mol. The molecule has 4 aromatic rings. The molecule has 4 aromatic carbocycles. The second-order valence-electron chi connectivity index (χ2n) is 7.41. The summed E-state index contributed by atoms with van der Waals surface area (Å²) in [6.45, 7) is 0. The number of nitrogens with zero attached hydrogens (tertiary/aromatic N) is 2. The second kappa shape index (κ2) is 8.36. The van der Waals surface area contributed by atoms with Crippen LogP contribution in [0.25, 0.3) is 10.8 Å². The van der Waals surface area contributed by atoms with Gasteiger partial charge in [-0.05, 0) is 52.7 Å². The van der Waals surface area contributed by atoms with E-state index in [0.717, 1.165) is 32.1 Å². The average molecular weight is 471 g/mol. The van der Waals surface area contributed by atoms with Crippen molar-refractivity contribution in [3.63, 3.8) is 0 Å². The molecule has 0 amide bonds. The standard InChI is InChI=1S/C26H19BrN2O2/c27-22-14-10-18(11-15-22)16-24-26(30)31-25(28-29(24)23-8-2-1-3-9-23)21-13-12-19-6-4-5-7-20(19)17-21/h1-15,17,24H,16H2/t24-/m0/s1. The van der Waals surface area contributed by atoms with Gasteiger partial charge in [0, 0.05) is 16.5 Å². The zero-order valence-corrected chi connectivity index (χ0v) is 18.2. The van der Waals surface area contributed by atoms with Crippen LogP contribution in [-0.4, -0.2) is 17.9 Å². The highest BCUT2D eigenvalue weighted by Gasteiger charge is 2.34. The number of esters is 1. The molecule has 0 aromatic heterocycles. The topological polar surface area (TPSA) is 41.9 Å². The summed E-state index contributed by atoms with van der Waals surface area (Å²) >= 11 is 3.46. The highest BCUT2D eigenvalue weighted by atomic mass is 79.9. The van der Waals surface area contributed by atoms with Crippen LogP contribution in [0.1, 0.15) is 11.1 Å². The number of carbonyl (C=O) groups is 1. The largest absolute Gasteiger partial charge is 0.404 e. The minimum Gasteiger partial charge on any atom is -0.404 e. The molecule has 0 N–H and O–H groups in total. The first-order valence-electron chi connectivity index (χ1n) is 10.1. The zero-order chi connectivity index (χ0) is 21.2. The van der Waals surface area contributed by atoms with Gasteiger partial charge in [-0.2, -0.15) is 0 Å². The van der Waals surface area contributed by atoms with Crippen molar-refractivity contribution < 1.29 is 9.53 Å². The fourth-order valence-electron chi connectivity index (χ4n) is 3.72. The Bertz CT molecular complexity index is 1270. The van der Waals surface area contributed by atoms with Crippen LogP contribution < -0.4 is 5.01 Å². The maximum absolute atomic E-state index is 13.1. The number of halogens is 1. The Morgan fingerprint density at radius 3 is 2.32 bits per heavy atom. The molecule has 0 bridgehead atoms. The van der Waals surface area contributed by atoms with E-state index in [0.29, 0.717) is 12.3 Å². The molecule has 5 rings (SSSR count). The lowest BCUT2D eigenvalue weighted by atomic mass is 10.0. The van der Waals surface area contributed by atoms with Crippen molar-refractivity contribution >= 4 is 44.3 Å². The third-order valence-electron chi connectivity index (χ3n) is 5.32. The molecule has 0 aliphatic carbocycles. The van der Waals surface area contributed by atoms with Crippen LogP contribution in [0.4, 0.5) is 5.69 Å². The van der Waals surface area contributed by atoms with Crippen molar-refractivity contribution in [3.05, 3.63) is 113 Å². The molecular weight excluding hydrogens is 452 g/mol. The molecule has 1 aliphatic heterocycles. The van der Waals surface area contributed by atoms with E-state index in [2.05, 4.69) is 22.0 Å². The van der Waals surface area contributed by atoms with E-state index in [-0.39, 0.29) is 5.97 Å². The first-order valence-corrected chi connectivity index (χ1v) is 10.8. The van der Waals surface area contributed by atoms with Gasteiger partial charge < -0.3 is 4.74 Å². The van der Waals surface area contributed by atoms with Crippen LogP contribution >= 0.6 is 15.9 Å². The van der Waals surface area contributed by atoms with E-state index in [9.17, 15) is 4.79 Å². The smallest absolute Gasteiger partial charge is 0.338 e. The minimum atomic E-state index is -0.548. The lowest BCUT2D eigenvalue weighted by molar-refractivity contribution is -0.137. The van der Waals surface area contributed by atoms with Gasteiger partial charge in [0.15, 0.2) is 6.04 Å². The lowest BCUT2D eigenvalue weighted by Gasteiger charge is -2.32. The summed E-state index contributed by atoms with van der Waals surface area (Å²) in [6, 6.07) is 31.2. The van der Waals surface area contributed by atoms with Gasteiger partial charge >= 0.3 is 5.97 Å².